The van der Waals surface area contributed by atoms with Gasteiger partial charge in [0.2, 0.25) is 0 Å². The van der Waals surface area contributed by atoms with Crippen molar-refractivity contribution in [3.63, 3.8) is 0 Å². The van der Waals surface area contributed by atoms with Crippen LogP contribution in [0.15, 0.2) is 65.7 Å². The van der Waals surface area contributed by atoms with Crippen molar-refractivity contribution in [1.29, 1.82) is 0 Å². The Kier molecular flexibility index (Phi) is 6.28. The molecule has 2 nitrogen and oxygen atoms in total. The van der Waals surface area contributed by atoms with Gasteiger partial charge in [-0.1, -0.05) is 61.5 Å². The van der Waals surface area contributed by atoms with Crippen molar-refractivity contribution in [3.05, 3.63) is 71.3 Å². The van der Waals surface area contributed by atoms with Gasteiger partial charge in [-0.25, -0.2) is 0 Å². The van der Waals surface area contributed by atoms with E-state index in [4.69, 9.17) is 0 Å². The second-order valence-corrected chi connectivity index (χ2v) is 5.80. The molecular weight excluding hydrogens is 290 g/mol. The van der Waals surface area contributed by atoms with Gasteiger partial charge in [0.25, 0.3) is 0 Å². The Hall–Kier alpha value is -2.00. The van der Waals surface area contributed by atoms with Gasteiger partial charge in [0, 0.05) is 18.2 Å². The summed E-state index contributed by atoms with van der Waals surface area (Å²) in [5.41, 5.74) is 2.99. The van der Waals surface area contributed by atoms with Crippen LogP contribution in [0, 0.1) is 0 Å². The van der Waals surface area contributed by atoms with Crippen LogP contribution >= 0.6 is 11.8 Å². The number of ketones is 1. The summed E-state index contributed by atoms with van der Waals surface area (Å²) in [5, 5.41) is 4.18. The average Bonchev–Trinajstić information content (AvgIpc) is 2.59. The lowest BCUT2D eigenvalue weighted by Gasteiger charge is -2.07. The first kappa shape index (κ1) is 16.4. The van der Waals surface area contributed by atoms with Crippen molar-refractivity contribution in [1.82, 2.24) is 5.32 Å². The molecule has 0 aliphatic heterocycles. The van der Waals surface area contributed by atoms with E-state index in [0.29, 0.717) is 5.56 Å². The van der Waals surface area contributed by atoms with Crippen LogP contribution in [0.1, 0.15) is 23.7 Å². The fourth-order valence-electron chi connectivity index (χ4n) is 2.09. The molecule has 0 amide bonds. The molecule has 0 bridgehead atoms. The van der Waals surface area contributed by atoms with Gasteiger partial charge in [-0.3, -0.25) is 4.79 Å². The zero-order chi connectivity index (χ0) is 15.8. The smallest absolute Gasteiger partial charge is 0.188 e. The van der Waals surface area contributed by atoms with Gasteiger partial charge in [-0.2, -0.15) is 0 Å². The van der Waals surface area contributed by atoms with Crippen LogP contribution in [-0.4, -0.2) is 18.6 Å². The van der Waals surface area contributed by atoms with E-state index in [9.17, 15) is 4.79 Å². The van der Waals surface area contributed by atoms with Crippen molar-refractivity contribution in [2.75, 3.05) is 12.8 Å². The van der Waals surface area contributed by atoms with E-state index < -0.39 is 0 Å². The molecule has 2 rings (SSSR count). The highest BCUT2D eigenvalue weighted by atomic mass is 32.2. The Labute approximate surface area is 136 Å². The summed E-state index contributed by atoms with van der Waals surface area (Å²) in [6.45, 7) is 2.99. The summed E-state index contributed by atoms with van der Waals surface area (Å²) in [4.78, 5) is 12.3. The maximum absolute atomic E-state index is 12.3. The molecule has 2 aromatic carbocycles. The molecule has 0 spiro atoms. The van der Waals surface area contributed by atoms with Crippen LogP contribution in [0.2, 0.25) is 0 Å². The molecule has 114 valence electrons. The summed E-state index contributed by atoms with van der Waals surface area (Å²) >= 11 is 1.56. The number of nitrogens with one attached hydrogen (secondary N) is 1. The Morgan fingerprint density at radius 2 is 1.68 bits per heavy atom. The number of hydrogen-bond donors (Lipinski definition) is 1. The molecule has 0 unspecified atom stereocenters. The summed E-state index contributed by atoms with van der Waals surface area (Å²) < 4.78 is 0. The van der Waals surface area contributed by atoms with Gasteiger partial charge in [0.15, 0.2) is 5.78 Å². The van der Waals surface area contributed by atoms with Crippen molar-refractivity contribution < 1.29 is 4.79 Å². The minimum absolute atomic E-state index is 0.0348. The normalized spacial score (nSPS) is 11.3. The van der Waals surface area contributed by atoms with Crippen molar-refractivity contribution in [2.45, 2.75) is 13.3 Å². The topological polar surface area (TPSA) is 29.1 Å². The second-order valence-electron chi connectivity index (χ2n) is 4.95. The minimum Gasteiger partial charge on any atom is -0.380 e. The molecule has 0 saturated carbocycles. The third-order valence-corrected chi connectivity index (χ3v) is 4.01. The number of hydrogen-bond acceptors (Lipinski definition) is 3. The van der Waals surface area contributed by atoms with Crippen molar-refractivity contribution in [2.24, 2.45) is 0 Å². The number of allylic oxidation sites excluding steroid dienone is 1. The van der Waals surface area contributed by atoms with E-state index >= 15 is 0 Å². The molecule has 3 heteroatoms. The SMILES string of the molecule is CCCNC(=CC(=O)c1ccc(-c2ccccc2)cc1)SC. The van der Waals surface area contributed by atoms with Gasteiger partial charge < -0.3 is 5.32 Å². The molecule has 0 aromatic heterocycles. The Bertz CT molecular complexity index is 632. The molecular formula is C19H21NOS. The third kappa shape index (κ3) is 4.50. The quantitative estimate of drug-likeness (QED) is 0.591. The van der Waals surface area contributed by atoms with E-state index in [2.05, 4.69) is 24.4 Å². The molecule has 0 aliphatic carbocycles. The molecule has 0 radical (unpaired) electrons. The van der Waals surface area contributed by atoms with Crippen LogP contribution in [0.3, 0.4) is 0 Å². The largest absolute Gasteiger partial charge is 0.380 e. The van der Waals surface area contributed by atoms with Crippen LogP contribution in [0.4, 0.5) is 0 Å². The number of carbonyl (C=O) groups is 1. The molecule has 0 atom stereocenters. The van der Waals surface area contributed by atoms with Crippen LogP contribution in [0.5, 0.6) is 0 Å². The molecule has 0 saturated heterocycles. The first-order valence-corrected chi connectivity index (χ1v) is 8.66. The number of thioether (sulfide) groups is 1. The van der Waals surface area contributed by atoms with E-state index in [1.165, 1.54) is 0 Å². The highest BCUT2D eigenvalue weighted by Gasteiger charge is 2.05. The first-order chi connectivity index (χ1) is 10.7. The third-order valence-electron chi connectivity index (χ3n) is 3.31. The van der Waals surface area contributed by atoms with Gasteiger partial charge in [-0.05, 0) is 23.8 Å². The second kappa shape index (κ2) is 8.44. The lowest BCUT2D eigenvalue weighted by atomic mass is 10.0. The van der Waals surface area contributed by atoms with Gasteiger partial charge in [-0.15, -0.1) is 11.8 Å². The number of rotatable bonds is 7. The monoisotopic (exact) mass is 311 g/mol. The Morgan fingerprint density at radius 1 is 1.05 bits per heavy atom. The molecule has 2 aromatic rings. The summed E-state index contributed by atoms with van der Waals surface area (Å²) in [6.07, 6.45) is 4.69. The molecule has 22 heavy (non-hydrogen) atoms. The van der Waals surface area contributed by atoms with E-state index in [1.54, 1.807) is 17.8 Å². The minimum atomic E-state index is 0.0348. The van der Waals surface area contributed by atoms with Crippen LogP contribution in [0.25, 0.3) is 11.1 Å². The predicted octanol–water partition coefficient (Wildman–Crippen LogP) is 4.74. The average molecular weight is 311 g/mol. The Morgan fingerprint density at radius 3 is 2.27 bits per heavy atom. The number of carbonyl (C=O) groups excluding carboxylic acids is 1. The summed E-state index contributed by atoms with van der Waals surface area (Å²) in [7, 11) is 0. The van der Waals surface area contributed by atoms with Crippen LogP contribution < -0.4 is 5.32 Å². The first-order valence-electron chi connectivity index (χ1n) is 7.44. The lowest BCUT2D eigenvalue weighted by molar-refractivity contribution is 0.104. The maximum atomic E-state index is 12.3. The molecule has 0 heterocycles. The van der Waals surface area contributed by atoms with Crippen molar-refractivity contribution >= 4 is 17.5 Å². The standard InChI is InChI=1S/C19H21NOS/c1-3-13-20-19(22-2)14-18(21)17-11-9-16(10-12-17)15-7-5-4-6-8-15/h4-12,14,20H,3,13H2,1-2H3. The molecule has 1 N–H and O–H groups in total. The van der Waals surface area contributed by atoms with E-state index in [1.807, 2.05) is 48.7 Å². The fourth-order valence-corrected chi connectivity index (χ4v) is 2.56. The van der Waals surface area contributed by atoms with Gasteiger partial charge in [0.05, 0.1) is 5.03 Å². The lowest BCUT2D eigenvalue weighted by Crippen LogP contribution is -2.13. The molecule has 0 fully saturated rings. The van der Waals surface area contributed by atoms with Gasteiger partial charge in [0.1, 0.15) is 0 Å². The maximum Gasteiger partial charge on any atom is 0.188 e. The predicted molar refractivity (Wildman–Crippen MR) is 96.1 cm³/mol. The van der Waals surface area contributed by atoms with E-state index in [-0.39, 0.29) is 5.78 Å². The summed E-state index contributed by atoms with van der Waals surface area (Å²) in [5.74, 6) is 0.0348. The molecule has 0 aliphatic rings. The number of benzene rings is 2. The highest BCUT2D eigenvalue weighted by Crippen LogP contribution is 2.20. The summed E-state index contributed by atoms with van der Waals surface area (Å²) in [6, 6.07) is 17.9. The highest BCUT2D eigenvalue weighted by molar-refractivity contribution is 8.02. The van der Waals surface area contributed by atoms with Gasteiger partial charge >= 0.3 is 0 Å². The van der Waals surface area contributed by atoms with E-state index in [0.717, 1.165) is 29.1 Å². The Balaban J connectivity index is 2.13. The zero-order valence-corrected chi connectivity index (χ0v) is 13.8. The van der Waals surface area contributed by atoms with Crippen molar-refractivity contribution in [3.8, 4) is 11.1 Å². The van der Waals surface area contributed by atoms with Crippen LogP contribution in [-0.2, 0) is 0 Å². The fraction of sp³-hybridized carbons (Fsp3) is 0.211. The zero-order valence-electron chi connectivity index (χ0n) is 13.0.